The van der Waals surface area contributed by atoms with Crippen LogP contribution < -0.4 is 9.62 Å². The normalized spacial score (nSPS) is 30.3. The molecule has 3 heterocycles. The van der Waals surface area contributed by atoms with Crippen LogP contribution >= 0.6 is 0 Å². The molecule has 5 nitrogen and oxygen atoms in total. The summed E-state index contributed by atoms with van der Waals surface area (Å²) in [6, 6.07) is 10.9. The molecule has 23 heavy (non-hydrogen) atoms. The molecule has 3 saturated heterocycles. The Kier molecular flexibility index (Phi) is 4.94. The van der Waals surface area contributed by atoms with Crippen LogP contribution in [0.4, 0.5) is 5.69 Å². The fraction of sp³-hybridized carbons (Fsp3) is 0.647. The van der Waals surface area contributed by atoms with Crippen LogP contribution in [0.5, 0.6) is 0 Å². The Morgan fingerprint density at radius 2 is 2.04 bits per heavy atom. The number of para-hydroxylation sites is 1. The molecule has 3 aliphatic heterocycles. The first-order valence-corrected chi connectivity index (χ1v) is 10.3. The van der Waals surface area contributed by atoms with Crippen LogP contribution in [-0.2, 0) is 10.0 Å². The molecule has 0 amide bonds. The number of benzene rings is 1. The molecule has 0 aliphatic carbocycles. The van der Waals surface area contributed by atoms with Crippen LogP contribution in [0.1, 0.15) is 12.8 Å². The Bertz CT molecular complexity index is 620. The lowest BCUT2D eigenvalue weighted by atomic mass is 9.75. The number of anilines is 1. The molecular formula is C17H27N3O2S. The van der Waals surface area contributed by atoms with Crippen molar-refractivity contribution in [3.05, 3.63) is 30.3 Å². The molecule has 0 aromatic heterocycles. The van der Waals surface area contributed by atoms with Crippen LogP contribution in [0.15, 0.2) is 30.3 Å². The molecule has 0 spiro atoms. The molecule has 4 atom stereocenters. The Balaban J connectivity index is 1.57. The van der Waals surface area contributed by atoms with Crippen LogP contribution in [0.2, 0.25) is 0 Å². The van der Waals surface area contributed by atoms with Crippen molar-refractivity contribution in [3.63, 3.8) is 0 Å². The molecule has 2 bridgehead atoms. The molecule has 3 aliphatic rings. The number of fused-ring (bicyclic) bond motifs is 3. The number of nitrogens with one attached hydrogen (secondary N) is 1. The first kappa shape index (κ1) is 16.7. The third-order valence-corrected chi connectivity index (χ3v) is 5.99. The summed E-state index contributed by atoms with van der Waals surface area (Å²) in [7, 11) is -0.931. The monoisotopic (exact) mass is 337 g/mol. The van der Waals surface area contributed by atoms with Crippen LogP contribution in [0, 0.1) is 11.8 Å². The largest absolute Gasteiger partial charge is 0.374 e. The van der Waals surface area contributed by atoms with Gasteiger partial charge in [-0.05, 0) is 43.4 Å². The maximum atomic E-state index is 11.3. The number of hydrogen-bond donors (Lipinski definition) is 1. The molecular weight excluding hydrogens is 310 g/mol. The van der Waals surface area contributed by atoms with Crippen molar-refractivity contribution in [2.45, 2.75) is 18.9 Å². The van der Waals surface area contributed by atoms with Gasteiger partial charge in [0, 0.05) is 38.4 Å². The van der Waals surface area contributed by atoms with Crippen molar-refractivity contribution in [3.8, 4) is 0 Å². The Morgan fingerprint density at radius 1 is 1.30 bits per heavy atom. The highest BCUT2D eigenvalue weighted by molar-refractivity contribution is 7.88. The van der Waals surface area contributed by atoms with Crippen LogP contribution in [0.25, 0.3) is 0 Å². The fourth-order valence-corrected chi connectivity index (χ4v) is 4.55. The Labute approximate surface area is 139 Å². The molecule has 0 radical (unpaired) electrons. The van der Waals surface area contributed by atoms with Gasteiger partial charge >= 0.3 is 0 Å². The quantitative estimate of drug-likeness (QED) is 0.852. The van der Waals surface area contributed by atoms with E-state index in [4.69, 9.17) is 0 Å². The second-order valence-corrected chi connectivity index (χ2v) is 8.86. The summed E-state index contributed by atoms with van der Waals surface area (Å²) < 4.78 is 25.3. The summed E-state index contributed by atoms with van der Waals surface area (Å²) >= 11 is 0. The minimum atomic E-state index is -3.09. The van der Waals surface area contributed by atoms with E-state index in [1.54, 1.807) is 0 Å². The van der Waals surface area contributed by atoms with Crippen molar-refractivity contribution >= 4 is 15.7 Å². The number of hydrogen-bond acceptors (Lipinski definition) is 4. The van der Waals surface area contributed by atoms with E-state index in [1.807, 2.05) is 6.07 Å². The zero-order valence-electron chi connectivity index (χ0n) is 14.0. The fourth-order valence-electron chi connectivity index (χ4n) is 4.06. The van der Waals surface area contributed by atoms with Gasteiger partial charge in [0.25, 0.3) is 0 Å². The van der Waals surface area contributed by atoms with Crippen molar-refractivity contribution < 1.29 is 8.42 Å². The molecule has 1 aromatic rings. The van der Waals surface area contributed by atoms with Gasteiger partial charge in [0.1, 0.15) is 0 Å². The van der Waals surface area contributed by atoms with E-state index in [0.717, 1.165) is 26.1 Å². The number of sulfonamides is 1. The van der Waals surface area contributed by atoms with Gasteiger partial charge < -0.3 is 4.90 Å². The maximum absolute atomic E-state index is 11.3. The molecule has 0 saturated carbocycles. The van der Waals surface area contributed by atoms with Gasteiger partial charge in [0.05, 0.1) is 6.26 Å². The summed E-state index contributed by atoms with van der Waals surface area (Å²) in [5.41, 5.74) is 1.26. The highest BCUT2D eigenvalue weighted by Crippen LogP contribution is 2.36. The van der Waals surface area contributed by atoms with E-state index in [9.17, 15) is 8.42 Å². The average Bonchev–Trinajstić information content (AvgIpc) is 2.54. The zero-order chi connectivity index (χ0) is 16.4. The summed E-state index contributed by atoms with van der Waals surface area (Å²) in [4.78, 5) is 4.82. The summed E-state index contributed by atoms with van der Waals surface area (Å²) in [6.07, 6.45) is 3.58. The predicted octanol–water partition coefficient (Wildman–Crippen LogP) is 1.38. The summed E-state index contributed by atoms with van der Waals surface area (Å²) in [6.45, 7) is 3.80. The first-order chi connectivity index (χ1) is 10.9. The molecule has 1 aromatic carbocycles. The zero-order valence-corrected chi connectivity index (χ0v) is 14.8. The first-order valence-electron chi connectivity index (χ1n) is 8.37. The van der Waals surface area contributed by atoms with E-state index in [1.165, 1.54) is 18.4 Å². The highest BCUT2D eigenvalue weighted by atomic mass is 32.2. The van der Waals surface area contributed by atoms with E-state index in [0.29, 0.717) is 24.4 Å². The number of piperidine rings is 3. The standard InChI is InChI=1S/C17H27N3O2S/c1-19(16-6-4-3-5-7-16)12-15-13-20-9-8-14(15)10-17(20)11-18-23(2,21)22/h3-7,14-15,17-18H,8-13H2,1-2H3/t14-,15-,17+/m0/s1. The summed E-state index contributed by atoms with van der Waals surface area (Å²) in [5.74, 6) is 1.38. The molecule has 4 rings (SSSR count). The molecule has 6 heteroatoms. The smallest absolute Gasteiger partial charge is 0.208 e. The second kappa shape index (κ2) is 6.79. The Morgan fingerprint density at radius 3 is 2.65 bits per heavy atom. The lowest BCUT2D eigenvalue weighted by Crippen LogP contribution is -2.58. The van der Waals surface area contributed by atoms with Crippen molar-refractivity contribution in [1.29, 1.82) is 0 Å². The molecule has 1 unspecified atom stereocenters. The molecule has 1 N–H and O–H groups in total. The maximum Gasteiger partial charge on any atom is 0.208 e. The van der Waals surface area contributed by atoms with E-state index < -0.39 is 10.0 Å². The van der Waals surface area contributed by atoms with Gasteiger partial charge in [0.15, 0.2) is 0 Å². The Hall–Kier alpha value is -1.11. The van der Waals surface area contributed by atoms with Crippen molar-refractivity contribution in [2.24, 2.45) is 11.8 Å². The SMILES string of the molecule is CN(C[C@H]1CN2CC[C@H]1C[C@@H]2CNS(C)(=O)=O)c1ccccc1. The summed E-state index contributed by atoms with van der Waals surface area (Å²) in [5, 5.41) is 0. The van der Waals surface area contributed by atoms with Gasteiger partial charge in [-0.2, -0.15) is 0 Å². The predicted molar refractivity (Wildman–Crippen MR) is 94.1 cm³/mol. The number of rotatable bonds is 6. The second-order valence-electron chi connectivity index (χ2n) is 7.03. The molecule has 128 valence electrons. The minimum Gasteiger partial charge on any atom is -0.374 e. The van der Waals surface area contributed by atoms with Gasteiger partial charge in [0.2, 0.25) is 10.0 Å². The van der Waals surface area contributed by atoms with Gasteiger partial charge in [-0.15, -0.1) is 0 Å². The van der Waals surface area contributed by atoms with Crippen molar-refractivity contribution in [1.82, 2.24) is 9.62 Å². The third-order valence-electron chi connectivity index (χ3n) is 5.30. The molecule has 3 fully saturated rings. The minimum absolute atomic E-state index is 0.363. The van der Waals surface area contributed by atoms with Gasteiger partial charge in [-0.1, -0.05) is 18.2 Å². The van der Waals surface area contributed by atoms with E-state index >= 15 is 0 Å². The van der Waals surface area contributed by atoms with E-state index in [2.05, 4.69) is 45.8 Å². The lowest BCUT2D eigenvalue weighted by molar-refractivity contribution is 0.00694. The third kappa shape index (κ3) is 4.25. The lowest BCUT2D eigenvalue weighted by Gasteiger charge is -2.50. The van der Waals surface area contributed by atoms with Crippen molar-refractivity contribution in [2.75, 3.05) is 44.4 Å². The van der Waals surface area contributed by atoms with E-state index in [-0.39, 0.29) is 0 Å². The number of nitrogens with zero attached hydrogens (tertiary/aromatic N) is 2. The van der Waals surface area contributed by atoms with Crippen LogP contribution in [-0.4, -0.2) is 58.8 Å². The van der Waals surface area contributed by atoms with Gasteiger partial charge in [-0.25, -0.2) is 13.1 Å². The van der Waals surface area contributed by atoms with Gasteiger partial charge in [-0.3, -0.25) is 4.90 Å². The van der Waals surface area contributed by atoms with Crippen LogP contribution in [0.3, 0.4) is 0 Å². The topological polar surface area (TPSA) is 52.6 Å². The average molecular weight is 337 g/mol. The highest BCUT2D eigenvalue weighted by Gasteiger charge is 2.40.